The van der Waals surface area contributed by atoms with E-state index >= 15 is 0 Å². The summed E-state index contributed by atoms with van der Waals surface area (Å²) >= 11 is 0. The van der Waals surface area contributed by atoms with Gasteiger partial charge >= 0.3 is 0 Å². The quantitative estimate of drug-likeness (QED) is 0.899. The molecule has 1 saturated heterocycles. The molecule has 1 aromatic rings. The van der Waals surface area contributed by atoms with Crippen LogP contribution in [0.15, 0.2) is 18.2 Å². The van der Waals surface area contributed by atoms with E-state index in [1.54, 1.807) is 0 Å². The summed E-state index contributed by atoms with van der Waals surface area (Å²) in [6.45, 7) is 7.60. The molecule has 1 fully saturated rings. The predicted octanol–water partition coefficient (Wildman–Crippen LogP) is 3.50. The molecule has 2 rings (SSSR count). The third-order valence-corrected chi connectivity index (χ3v) is 4.04. The largest absolute Gasteiger partial charge is 0.382 e. The molecular weight excluding hydrogens is 246 g/mol. The van der Waals surface area contributed by atoms with E-state index in [1.165, 1.54) is 12.1 Å². The average molecular weight is 268 g/mol. The lowest BCUT2D eigenvalue weighted by atomic mass is 9.90. The third kappa shape index (κ3) is 3.90. The van der Waals surface area contributed by atoms with Gasteiger partial charge in [-0.3, -0.25) is 0 Å². The van der Waals surface area contributed by atoms with Gasteiger partial charge in [-0.2, -0.15) is 0 Å². The van der Waals surface area contributed by atoms with E-state index in [9.17, 15) is 8.78 Å². The Labute approximate surface area is 113 Å². The zero-order valence-corrected chi connectivity index (χ0v) is 11.6. The first-order chi connectivity index (χ1) is 9.08. The van der Waals surface area contributed by atoms with Crippen LogP contribution >= 0.6 is 0 Å². The van der Waals surface area contributed by atoms with E-state index < -0.39 is 11.6 Å². The van der Waals surface area contributed by atoms with Crippen LogP contribution in [0.1, 0.15) is 26.7 Å². The van der Waals surface area contributed by atoms with Crippen molar-refractivity contribution in [2.24, 2.45) is 5.92 Å². The molecule has 0 aromatic heterocycles. The Morgan fingerprint density at radius 3 is 2.32 bits per heavy atom. The molecule has 1 aliphatic rings. The Bertz CT molecular complexity index is 394. The number of nitrogens with one attached hydrogen (secondary N) is 1. The Hall–Kier alpha value is -1.16. The number of likely N-dealkylation sites (tertiary alicyclic amines) is 1. The first kappa shape index (κ1) is 14.3. The molecule has 4 heteroatoms. The van der Waals surface area contributed by atoms with Gasteiger partial charge in [-0.25, -0.2) is 8.78 Å². The SMILES string of the molecule is CCN1CCC(C(C)Nc2cc(F)cc(F)c2)CC1. The maximum atomic E-state index is 13.1. The highest BCUT2D eigenvalue weighted by atomic mass is 19.1. The van der Waals surface area contributed by atoms with Crippen LogP contribution in [0.3, 0.4) is 0 Å². The lowest BCUT2D eigenvalue weighted by molar-refractivity contribution is 0.183. The maximum absolute atomic E-state index is 13.1. The van der Waals surface area contributed by atoms with Gasteiger partial charge < -0.3 is 10.2 Å². The van der Waals surface area contributed by atoms with Crippen molar-refractivity contribution in [3.05, 3.63) is 29.8 Å². The highest BCUT2D eigenvalue weighted by Crippen LogP contribution is 2.23. The van der Waals surface area contributed by atoms with Crippen LogP contribution in [0.25, 0.3) is 0 Å². The topological polar surface area (TPSA) is 15.3 Å². The number of halogens is 2. The summed E-state index contributed by atoms with van der Waals surface area (Å²) in [4.78, 5) is 2.44. The molecule has 0 saturated carbocycles. The molecule has 0 bridgehead atoms. The number of hydrogen-bond donors (Lipinski definition) is 1. The van der Waals surface area contributed by atoms with Crippen molar-refractivity contribution < 1.29 is 8.78 Å². The Balaban J connectivity index is 1.92. The molecule has 1 heterocycles. The second kappa shape index (κ2) is 6.33. The van der Waals surface area contributed by atoms with Gasteiger partial charge in [0.1, 0.15) is 11.6 Å². The number of benzene rings is 1. The molecule has 106 valence electrons. The first-order valence-electron chi connectivity index (χ1n) is 7.03. The highest BCUT2D eigenvalue weighted by Gasteiger charge is 2.23. The zero-order chi connectivity index (χ0) is 13.8. The van der Waals surface area contributed by atoms with E-state index in [0.29, 0.717) is 11.6 Å². The Kier molecular flexibility index (Phi) is 4.75. The first-order valence-corrected chi connectivity index (χ1v) is 7.03. The number of rotatable bonds is 4. The second-order valence-electron chi connectivity index (χ2n) is 5.36. The minimum Gasteiger partial charge on any atom is -0.382 e. The average Bonchev–Trinajstić information content (AvgIpc) is 2.37. The summed E-state index contributed by atoms with van der Waals surface area (Å²) in [5.41, 5.74) is 0.530. The zero-order valence-electron chi connectivity index (χ0n) is 11.6. The van der Waals surface area contributed by atoms with Crippen LogP contribution < -0.4 is 5.32 Å². The van der Waals surface area contributed by atoms with Crippen molar-refractivity contribution in [3.8, 4) is 0 Å². The van der Waals surface area contributed by atoms with Gasteiger partial charge in [0.05, 0.1) is 0 Å². The van der Waals surface area contributed by atoms with Crippen molar-refractivity contribution in [2.75, 3.05) is 25.0 Å². The summed E-state index contributed by atoms with van der Waals surface area (Å²) in [5.74, 6) is -0.500. The van der Waals surface area contributed by atoms with Gasteiger partial charge in [0.25, 0.3) is 0 Å². The van der Waals surface area contributed by atoms with E-state index in [-0.39, 0.29) is 6.04 Å². The summed E-state index contributed by atoms with van der Waals surface area (Å²) in [6.07, 6.45) is 2.28. The molecule has 1 aliphatic heterocycles. The summed E-state index contributed by atoms with van der Waals surface area (Å²) in [6, 6.07) is 3.83. The highest BCUT2D eigenvalue weighted by molar-refractivity contribution is 5.44. The molecule has 0 amide bonds. The second-order valence-corrected chi connectivity index (χ2v) is 5.36. The third-order valence-electron chi connectivity index (χ3n) is 4.04. The fourth-order valence-corrected chi connectivity index (χ4v) is 2.79. The molecular formula is C15H22F2N2. The van der Waals surface area contributed by atoms with Crippen molar-refractivity contribution in [1.82, 2.24) is 4.90 Å². The molecule has 1 aromatic carbocycles. The molecule has 1 N–H and O–H groups in total. The van der Waals surface area contributed by atoms with Gasteiger partial charge in [0, 0.05) is 17.8 Å². The monoisotopic (exact) mass is 268 g/mol. The predicted molar refractivity (Wildman–Crippen MR) is 74.3 cm³/mol. The van der Waals surface area contributed by atoms with Crippen molar-refractivity contribution in [1.29, 1.82) is 0 Å². The van der Waals surface area contributed by atoms with Crippen molar-refractivity contribution >= 4 is 5.69 Å². The minimum atomic E-state index is -0.532. The molecule has 19 heavy (non-hydrogen) atoms. The fraction of sp³-hybridized carbons (Fsp3) is 0.600. The lowest BCUT2D eigenvalue weighted by Crippen LogP contribution is -2.39. The van der Waals surface area contributed by atoms with Crippen LogP contribution in [0, 0.1) is 17.6 Å². The fourth-order valence-electron chi connectivity index (χ4n) is 2.79. The maximum Gasteiger partial charge on any atom is 0.128 e. The molecule has 2 nitrogen and oxygen atoms in total. The van der Waals surface area contributed by atoms with Crippen LogP contribution in [0.5, 0.6) is 0 Å². The van der Waals surface area contributed by atoms with Gasteiger partial charge in [-0.1, -0.05) is 6.92 Å². The smallest absolute Gasteiger partial charge is 0.128 e. The van der Waals surface area contributed by atoms with E-state index in [2.05, 4.69) is 24.1 Å². The summed E-state index contributed by atoms with van der Waals surface area (Å²) < 4.78 is 26.3. The van der Waals surface area contributed by atoms with E-state index in [4.69, 9.17) is 0 Å². The van der Waals surface area contributed by atoms with Crippen LogP contribution in [-0.2, 0) is 0 Å². The van der Waals surface area contributed by atoms with E-state index in [0.717, 1.165) is 38.5 Å². The van der Waals surface area contributed by atoms with Crippen LogP contribution in [0.4, 0.5) is 14.5 Å². The van der Waals surface area contributed by atoms with E-state index in [1.807, 2.05) is 0 Å². The molecule has 0 aliphatic carbocycles. The molecule has 0 spiro atoms. The molecule has 0 radical (unpaired) electrons. The van der Waals surface area contributed by atoms with Crippen LogP contribution in [-0.4, -0.2) is 30.6 Å². The standard InChI is InChI=1S/C15H22F2N2/c1-3-19-6-4-12(5-7-19)11(2)18-15-9-13(16)8-14(17)10-15/h8-12,18H,3-7H2,1-2H3. The Morgan fingerprint density at radius 1 is 1.21 bits per heavy atom. The van der Waals surface area contributed by atoms with Gasteiger partial charge in [-0.05, 0) is 57.5 Å². The van der Waals surface area contributed by atoms with Crippen LogP contribution in [0.2, 0.25) is 0 Å². The summed E-state index contributed by atoms with van der Waals surface area (Å²) in [5, 5.41) is 3.23. The minimum absolute atomic E-state index is 0.236. The number of piperidine rings is 1. The number of hydrogen-bond acceptors (Lipinski definition) is 2. The normalized spacial score (nSPS) is 19.4. The molecule has 1 atom stereocenters. The van der Waals surface area contributed by atoms with Gasteiger partial charge in [0.2, 0.25) is 0 Å². The van der Waals surface area contributed by atoms with Crippen molar-refractivity contribution in [2.45, 2.75) is 32.7 Å². The lowest BCUT2D eigenvalue weighted by Gasteiger charge is -2.34. The van der Waals surface area contributed by atoms with Gasteiger partial charge in [-0.15, -0.1) is 0 Å². The number of anilines is 1. The number of nitrogens with zero attached hydrogens (tertiary/aromatic N) is 1. The van der Waals surface area contributed by atoms with Crippen molar-refractivity contribution in [3.63, 3.8) is 0 Å². The molecule has 1 unspecified atom stereocenters. The summed E-state index contributed by atoms with van der Waals surface area (Å²) in [7, 11) is 0. The Morgan fingerprint density at radius 2 is 1.79 bits per heavy atom. The van der Waals surface area contributed by atoms with Gasteiger partial charge in [0.15, 0.2) is 0 Å².